The van der Waals surface area contributed by atoms with Crippen molar-refractivity contribution in [2.75, 3.05) is 20.2 Å². The molecule has 0 spiro atoms. The highest BCUT2D eigenvalue weighted by atomic mass is 19.1. The topological polar surface area (TPSA) is 60.2 Å². The second-order valence-corrected chi connectivity index (χ2v) is 7.82. The van der Waals surface area contributed by atoms with E-state index < -0.39 is 0 Å². The Morgan fingerprint density at radius 1 is 1.31 bits per heavy atom. The molecule has 0 saturated heterocycles. The van der Waals surface area contributed by atoms with Crippen LogP contribution in [0, 0.1) is 5.82 Å². The predicted molar refractivity (Wildman–Crippen MR) is 109 cm³/mol. The molecule has 0 atom stereocenters. The number of halogens is 1. The van der Waals surface area contributed by atoms with Crippen molar-refractivity contribution in [3.05, 3.63) is 53.6 Å². The molecule has 1 aliphatic rings. The third-order valence-corrected chi connectivity index (χ3v) is 5.16. The lowest BCUT2D eigenvalue weighted by molar-refractivity contribution is 0.0775. The Bertz CT molecular complexity index is 1030. The monoisotopic (exact) mass is 396 g/mol. The molecule has 1 aliphatic carbocycles. The van der Waals surface area contributed by atoms with Crippen molar-refractivity contribution in [3.8, 4) is 5.75 Å². The number of aromatic nitrogens is 3. The number of fused-ring (bicyclic) bond motifs is 1. The van der Waals surface area contributed by atoms with Gasteiger partial charge in [0.2, 0.25) is 0 Å². The molecule has 6 nitrogen and oxygen atoms in total. The van der Waals surface area contributed by atoms with Gasteiger partial charge in [-0.1, -0.05) is 0 Å². The Morgan fingerprint density at radius 2 is 2.03 bits per heavy atom. The Hall–Kier alpha value is -2.96. The summed E-state index contributed by atoms with van der Waals surface area (Å²) >= 11 is 0. The summed E-state index contributed by atoms with van der Waals surface area (Å²) in [7, 11) is 1.76. The van der Waals surface area contributed by atoms with Gasteiger partial charge in [0.05, 0.1) is 23.7 Å². The van der Waals surface area contributed by atoms with Gasteiger partial charge >= 0.3 is 0 Å². The molecule has 0 radical (unpaired) electrons. The minimum absolute atomic E-state index is 0.0784. The van der Waals surface area contributed by atoms with Gasteiger partial charge in [-0.15, -0.1) is 0 Å². The molecule has 1 amide bonds. The van der Waals surface area contributed by atoms with Crippen LogP contribution >= 0.6 is 0 Å². The summed E-state index contributed by atoms with van der Waals surface area (Å²) < 4.78 is 20.5. The van der Waals surface area contributed by atoms with Crippen molar-refractivity contribution in [2.24, 2.45) is 0 Å². The second kappa shape index (κ2) is 7.81. The first kappa shape index (κ1) is 19.4. The Morgan fingerprint density at radius 3 is 2.69 bits per heavy atom. The summed E-state index contributed by atoms with van der Waals surface area (Å²) in [5.41, 5.74) is 2.37. The fraction of sp³-hybridized carbons (Fsp3) is 0.409. The maximum absolute atomic E-state index is 13.2. The van der Waals surface area contributed by atoms with Gasteiger partial charge < -0.3 is 9.64 Å². The van der Waals surface area contributed by atoms with Crippen LogP contribution in [0.5, 0.6) is 5.75 Å². The normalized spacial score (nSPS) is 13.8. The molecule has 0 bridgehead atoms. The van der Waals surface area contributed by atoms with Gasteiger partial charge in [0.25, 0.3) is 5.91 Å². The number of benzene rings is 1. The van der Waals surface area contributed by atoms with Crippen LogP contribution in [0.4, 0.5) is 4.39 Å². The van der Waals surface area contributed by atoms with E-state index >= 15 is 0 Å². The number of amides is 1. The maximum Gasteiger partial charge on any atom is 0.254 e. The van der Waals surface area contributed by atoms with E-state index in [1.165, 1.54) is 12.1 Å². The van der Waals surface area contributed by atoms with Gasteiger partial charge in [0.15, 0.2) is 5.65 Å². The van der Waals surface area contributed by atoms with E-state index in [-0.39, 0.29) is 17.8 Å². The number of pyridine rings is 1. The minimum atomic E-state index is -0.306. The summed E-state index contributed by atoms with van der Waals surface area (Å²) in [6.45, 7) is 4.84. The number of rotatable bonds is 7. The average Bonchev–Trinajstić information content (AvgIpc) is 3.46. The summed E-state index contributed by atoms with van der Waals surface area (Å²) in [5, 5.41) is 5.23. The van der Waals surface area contributed by atoms with Crippen LogP contribution in [-0.4, -0.2) is 45.8 Å². The van der Waals surface area contributed by atoms with E-state index in [4.69, 9.17) is 9.72 Å². The molecule has 0 N–H and O–H groups in total. The highest BCUT2D eigenvalue weighted by Gasteiger charge is 2.28. The van der Waals surface area contributed by atoms with E-state index in [0.717, 1.165) is 29.6 Å². The molecule has 0 unspecified atom stereocenters. The first-order valence-electron chi connectivity index (χ1n) is 9.96. The molecule has 152 valence electrons. The number of nitrogens with zero attached hydrogens (tertiary/aromatic N) is 4. The molecule has 2 aromatic heterocycles. The lowest BCUT2D eigenvalue weighted by Crippen LogP contribution is -2.31. The van der Waals surface area contributed by atoms with E-state index in [9.17, 15) is 9.18 Å². The zero-order valence-electron chi connectivity index (χ0n) is 16.9. The number of carbonyl (C=O) groups excluding carboxylic acids is 1. The van der Waals surface area contributed by atoms with Crippen LogP contribution in [0.2, 0.25) is 0 Å². The second-order valence-electron chi connectivity index (χ2n) is 7.82. The van der Waals surface area contributed by atoms with Crippen molar-refractivity contribution in [1.82, 2.24) is 19.7 Å². The highest BCUT2D eigenvalue weighted by Crippen LogP contribution is 2.40. The van der Waals surface area contributed by atoms with E-state index in [1.807, 2.05) is 10.7 Å². The molecule has 29 heavy (non-hydrogen) atoms. The van der Waals surface area contributed by atoms with Crippen LogP contribution in [0.1, 0.15) is 54.7 Å². The van der Waals surface area contributed by atoms with Gasteiger partial charge in [-0.25, -0.2) is 14.1 Å². The van der Waals surface area contributed by atoms with Crippen molar-refractivity contribution in [1.29, 1.82) is 0 Å². The molecule has 4 rings (SSSR count). The van der Waals surface area contributed by atoms with E-state index in [0.29, 0.717) is 30.4 Å². The Kier molecular flexibility index (Phi) is 5.22. The van der Waals surface area contributed by atoms with Gasteiger partial charge in [0, 0.05) is 24.7 Å². The smallest absolute Gasteiger partial charge is 0.254 e. The van der Waals surface area contributed by atoms with Gasteiger partial charge in [-0.3, -0.25) is 4.79 Å². The van der Waals surface area contributed by atoms with Crippen molar-refractivity contribution >= 4 is 16.9 Å². The highest BCUT2D eigenvalue weighted by molar-refractivity contribution is 6.05. The Labute approximate surface area is 169 Å². The molecular weight excluding hydrogens is 371 g/mol. The molecule has 7 heteroatoms. The maximum atomic E-state index is 13.2. The SMILES string of the molecule is CC(C)n1ncc2c(C(=O)N(C)CCOc3ccc(F)cc3)cc(C3CC3)nc21. The summed E-state index contributed by atoms with van der Waals surface area (Å²) in [6, 6.07) is 7.94. The molecule has 3 aromatic rings. The zero-order chi connectivity index (χ0) is 20.5. The van der Waals surface area contributed by atoms with Crippen molar-refractivity contribution in [2.45, 2.75) is 38.6 Å². The summed E-state index contributed by atoms with van der Waals surface area (Å²) in [5.74, 6) is 0.631. The fourth-order valence-corrected chi connectivity index (χ4v) is 3.32. The number of ether oxygens (including phenoxy) is 1. The summed E-state index contributed by atoms with van der Waals surface area (Å²) in [6.07, 6.45) is 3.96. The van der Waals surface area contributed by atoms with Crippen LogP contribution in [0.25, 0.3) is 11.0 Å². The molecule has 1 aromatic carbocycles. The molecule has 1 fully saturated rings. The molecule has 1 saturated carbocycles. The van der Waals surface area contributed by atoms with Crippen LogP contribution in [-0.2, 0) is 0 Å². The first-order chi connectivity index (χ1) is 13.9. The van der Waals surface area contributed by atoms with Crippen LogP contribution in [0.3, 0.4) is 0 Å². The Balaban J connectivity index is 1.53. The molecule has 2 heterocycles. The van der Waals surface area contributed by atoms with Gasteiger partial charge in [0.1, 0.15) is 18.2 Å². The molecule has 0 aliphatic heterocycles. The van der Waals surface area contributed by atoms with E-state index in [1.54, 1.807) is 30.3 Å². The number of hydrogen-bond donors (Lipinski definition) is 0. The predicted octanol–water partition coefficient (Wildman–Crippen LogP) is 4.18. The van der Waals surface area contributed by atoms with Gasteiger partial charge in [-0.2, -0.15) is 5.10 Å². The fourth-order valence-electron chi connectivity index (χ4n) is 3.32. The standard InChI is InChI=1S/C22H25FN4O2/c1-14(2)27-21-19(13-24-27)18(12-20(25-21)15-4-5-15)22(28)26(3)10-11-29-17-8-6-16(23)7-9-17/h6-9,12-15H,4-5,10-11H2,1-3H3. The number of carbonyl (C=O) groups is 1. The van der Waals surface area contributed by atoms with E-state index in [2.05, 4.69) is 18.9 Å². The van der Waals surface area contributed by atoms with Crippen molar-refractivity contribution in [3.63, 3.8) is 0 Å². The summed E-state index contributed by atoms with van der Waals surface area (Å²) in [4.78, 5) is 19.6. The lowest BCUT2D eigenvalue weighted by Gasteiger charge is -2.18. The first-order valence-corrected chi connectivity index (χ1v) is 9.96. The van der Waals surface area contributed by atoms with Crippen molar-refractivity contribution < 1.29 is 13.9 Å². The number of hydrogen-bond acceptors (Lipinski definition) is 4. The van der Waals surface area contributed by atoms with Crippen LogP contribution in [0.15, 0.2) is 36.5 Å². The van der Waals surface area contributed by atoms with Gasteiger partial charge in [-0.05, 0) is 57.0 Å². The third kappa shape index (κ3) is 4.09. The minimum Gasteiger partial charge on any atom is -0.492 e. The lowest BCUT2D eigenvalue weighted by atomic mass is 10.1. The quantitative estimate of drug-likeness (QED) is 0.601. The zero-order valence-corrected chi connectivity index (χ0v) is 16.9. The number of likely N-dealkylation sites (N-methyl/N-ethyl adjacent to an activating group) is 1. The largest absolute Gasteiger partial charge is 0.492 e. The molecular formula is C22H25FN4O2. The third-order valence-electron chi connectivity index (χ3n) is 5.16. The average molecular weight is 396 g/mol. The van der Waals surface area contributed by atoms with Crippen LogP contribution < -0.4 is 4.74 Å².